The number of nitrogens with zero attached hydrogens (tertiary/aromatic N) is 2. The molecule has 132 valence electrons. The molecule has 1 saturated heterocycles. The Kier molecular flexibility index (Phi) is 6.00. The van der Waals surface area contributed by atoms with Crippen molar-refractivity contribution < 1.29 is 9.59 Å². The molecule has 2 N–H and O–H groups in total. The molecule has 2 heterocycles. The number of anilines is 1. The molecule has 0 radical (unpaired) electrons. The molecule has 0 unspecified atom stereocenters. The minimum absolute atomic E-state index is 0.114. The van der Waals surface area contributed by atoms with Crippen molar-refractivity contribution in [1.82, 2.24) is 15.2 Å². The number of thiazole rings is 1. The number of likely N-dealkylation sites (tertiary alicyclic amines) is 1. The summed E-state index contributed by atoms with van der Waals surface area (Å²) in [6.45, 7) is 2.90. The van der Waals surface area contributed by atoms with E-state index in [1.807, 2.05) is 35.2 Å². The van der Waals surface area contributed by atoms with Crippen molar-refractivity contribution in [2.45, 2.75) is 25.8 Å². The molecular formula is C18H22N4O2S. The van der Waals surface area contributed by atoms with Crippen LogP contribution in [0, 0.1) is 0 Å². The van der Waals surface area contributed by atoms with E-state index in [0.717, 1.165) is 43.2 Å². The van der Waals surface area contributed by atoms with Crippen LogP contribution in [0.2, 0.25) is 0 Å². The fraction of sp³-hybridized carbons (Fsp3) is 0.389. The van der Waals surface area contributed by atoms with Crippen LogP contribution >= 0.6 is 11.3 Å². The predicted octanol–water partition coefficient (Wildman–Crippen LogP) is 2.50. The normalized spacial score (nSPS) is 13.9. The van der Waals surface area contributed by atoms with E-state index in [4.69, 9.17) is 0 Å². The molecule has 1 aromatic heterocycles. The monoisotopic (exact) mass is 358 g/mol. The first-order valence-electron chi connectivity index (χ1n) is 8.52. The fourth-order valence-corrected chi connectivity index (χ4v) is 3.49. The van der Waals surface area contributed by atoms with Crippen LogP contribution in [0.15, 0.2) is 36.5 Å². The minimum Gasteiger partial charge on any atom is -0.361 e. The van der Waals surface area contributed by atoms with E-state index in [1.165, 1.54) is 11.3 Å². The predicted molar refractivity (Wildman–Crippen MR) is 98.6 cm³/mol. The van der Waals surface area contributed by atoms with Crippen molar-refractivity contribution in [3.05, 3.63) is 47.0 Å². The topological polar surface area (TPSA) is 74.3 Å². The molecule has 0 spiro atoms. The number of carbonyl (C=O) groups is 2. The van der Waals surface area contributed by atoms with E-state index in [-0.39, 0.29) is 11.8 Å². The summed E-state index contributed by atoms with van der Waals surface area (Å²) in [6.07, 6.45) is 4.12. The average molecular weight is 358 g/mol. The Morgan fingerprint density at radius 2 is 2.12 bits per heavy atom. The maximum Gasteiger partial charge on any atom is 0.263 e. The molecule has 1 aliphatic heterocycles. The van der Waals surface area contributed by atoms with Crippen LogP contribution in [0.4, 0.5) is 5.13 Å². The Morgan fingerprint density at radius 1 is 1.28 bits per heavy atom. The third-order valence-electron chi connectivity index (χ3n) is 4.08. The van der Waals surface area contributed by atoms with Gasteiger partial charge >= 0.3 is 0 Å². The van der Waals surface area contributed by atoms with E-state index in [9.17, 15) is 9.59 Å². The number of rotatable bonds is 8. The first-order chi connectivity index (χ1) is 12.2. The highest BCUT2D eigenvalue weighted by molar-refractivity contribution is 7.17. The van der Waals surface area contributed by atoms with Gasteiger partial charge in [0.25, 0.3) is 5.91 Å². The van der Waals surface area contributed by atoms with E-state index in [0.29, 0.717) is 17.8 Å². The Morgan fingerprint density at radius 3 is 2.88 bits per heavy atom. The molecule has 0 saturated carbocycles. The largest absolute Gasteiger partial charge is 0.361 e. The second kappa shape index (κ2) is 8.62. The summed E-state index contributed by atoms with van der Waals surface area (Å²) in [5.74, 6) is 0.142. The van der Waals surface area contributed by atoms with Crippen molar-refractivity contribution in [2.24, 2.45) is 0 Å². The number of nitrogens with one attached hydrogen (secondary N) is 2. The van der Waals surface area contributed by atoms with Crippen molar-refractivity contribution in [3.8, 4) is 0 Å². The molecule has 2 amide bonds. The molecule has 1 aliphatic rings. The van der Waals surface area contributed by atoms with Crippen LogP contribution in [-0.4, -0.2) is 41.3 Å². The van der Waals surface area contributed by atoms with Crippen LogP contribution in [0.5, 0.6) is 0 Å². The van der Waals surface area contributed by atoms with E-state index < -0.39 is 0 Å². The van der Waals surface area contributed by atoms with Crippen LogP contribution in [0.25, 0.3) is 0 Å². The molecule has 0 aliphatic carbocycles. The summed E-state index contributed by atoms with van der Waals surface area (Å²) in [5, 5.41) is 6.85. The highest BCUT2D eigenvalue weighted by Gasteiger charge is 2.19. The molecular weight excluding hydrogens is 336 g/mol. The van der Waals surface area contributed by atoms with Gasteiger partial charge in [-0.05, 0) is 18.4 Å². The number of amides is 2. The van der Waals surface area contributed by atoms with Gasteiger partial charge in [-0.2, -0.15) is 0 Å². The number of hydrogen-bond donors (Lipinski definition) is 2. The summed E-state index contributed by atoms with van der Waals surface area (Å²) in [5.41, 5.74) is 1.06. The van der Waals surface area contributed by atoms with Gasteiger partial charge in [0.15, 0.2) is 5.13 Å². The summed E-state index contributed by atoms with van der Waals surface area (Å²) in [4.78, 5) is 30.4. The van der Waals surface area contributed by atoms with Crippen molar-refractivity contribution in [1.29, 1.82) is 0 Å². The van der Waals surface area contributed by atoms with E-state index in [1.54, 1.807) is 6.20 Å². The second-order valence-electron chi connectivity index (χ2n) is 5.96. The SMILES string of the molecule is O=C(NCc1ccccc1)c1cnc(NCCCN2CCCC2=O)s1. The molecule has 6 nitrogen and oxygen atoms in total. The maximum absolute atomic E-state index is 12.2. The van der Waals surface area contributed by atoms with Crippen LogP contribution in [-0.2, 0) is 11.3 Å². The lowest BCUT2D eigenvalue weighted by Gasteiger charge is -2.14. The van der Waals surface area contributed by atoms with Gasteiger partial charge in [0.2, 0.25) is 5.91 Å². The van der Waals surface area contributed by atoms with Crippen molar-refractivity contribution in [2.75, 3.05) is 25.0 Å². The quantitative estimate of drug-likeness (QED) is 0.711. The van der Waals surface area contributed by atoms with Gasteiger partial charge in [0.1, 0.15) is 4.88 Å². The number of hydrogen-bond acceptors (Lipinski definition) is 5. The standard InChI is InChI=1S/C18H22N4O2S/c23-16-8-4-10-22(16)11-5-9-19-18-21-13-15(25-18)17(24)20-12-14-6-2-1-3-7-14/h1-3,6-7,13H,4-5,8-12H2,(H,19,21)(H,20,24). The van der Waals surface area contributed by atoms with E-state index in [2.05, 4.69) is 15.6 Å². The number of benzene rings is 1. The third kappa shape index (κ3) is 5.03. The van der Waals surface area contributed by atoms with Crippen LogP contribution < -0.4 is 10.6 Å². The summed E-state index contributed by atoms with van der Waals surface area (Å²) < 4.78 is 0. The lowest BCUT2D eigenvalue weighted by Crippen LogP contribution is -2.26. The van der Waals surface area contributed by atoms with Gasteiger partial charge in [-0.15, -0.1) is 0 Å². The Labute approximate surface area is 151 Å². The summed E-state index contributed by atoms with van der Waals surface area (Å²) >= 11 is 1.34. The highest BCUT2D eigenvalue weighted by Crippen LogP contribution is 2.18. The zero-order chi connectivity index (χ0) is 17.5. The van der Waals surface area contributed by atoms with Gasteiger partial charge in [-0.1, -0.05) is 41.7 Å². The van der Waals surface area contributed by atoms with Gasteiger partial charge in [0.05, 0.1) is 6.20 Å². The molecule has 25 heavy (non-hydrogen) atoms. The lowest BCUT2D eigenvalue weighted by molar-refractivity contribution is -0.127. The first kappa shape index (κ1) is 17.4. The highest BCUT2D eigenvalue weighted by atomic mass is 32.1. The molecule has 1 fully saturated rings. The average Bonchev–Trinajstić information content (AvgIpc) is 3.27. The summed E-state index contributed by atoms with van der Waals surface area (Å²) in [7, 11) is 0. The zero-order valence-corrected chi connectivity index (χ0v) is 14.8. The smallest absolute Gasteiger partial charge is 0.263 e. The molecule has 3 rings (SSSR count). The van der Waals surface area contributed by atoms with Crippen LogP contribution in [0.3, 0.4) is 0 Å². The first-order valence-corrected chi connectivity index (χ1v) is 9.33. The second-order valence-corrected chi connectivity index (χ2v) is 6.99. The third-order valence-corrected chi connectivity index (χ3v) is 5.03. The Bertz CT molecular complexity index is 717. The Balaban J connectivity index is 1.39. The molecule has 7 heteroatoms. The molecule has 1 aromatic carbocycles. The molecule has 0 bridgehead atoms. The zero-order valence-electron chi connectivity index (χ0n) is 14.0. The number of aromatic nitrogens is 1. The van der Waals surface area contributed by atoms with Gasteiger partial charge in [-0.3, -0.25) is 9.59 Å². The van der Waals surface area contributed by atoms with Gasteiger partial charge < -0.3 is 15.5 Å². The Hall–Kier alpha value is -2.41. The van der Waals surface area contributed by atoms with Gasteiger partial charge in [-0.25, -0.2) is 4.98 Å². The maximum atomic E-state index is 12.2. The summed E-state index contributed by atoms with van der Waals surface area (Å²) in [6, 6.07) is 9.81. The van der Waals surface area contributed by atoms with Crippen molar-refractivity contribution in [3.63, 3.8) is 0 Å². The lowest BCUT2D eigenvalue weighted by atomic mass is 10.2. The molecule has 0 atom stereocenters. The molecule has 2 aromatic rings. The van der Waals surface area contributed by atoms with E-state index >= 15 is 0 Å². The number of carbonyl (C=O) groups excluding carboxylic acids is 2. The van der Waals surface area contributed by atoms with Gasteiger partial charge in [0, 0.05) is 32.6 Å². The fourth-order valence-electron chi connectivity index (χ4n) is 2.73. The van der Waals surface area contributed by atoms with Crippen molar-refractivity contribution >= 4 is 28.3 Å². The van der Waals surface area contributed by atoms with Crippen LogP contribution in [0.1, 0.15) is 34.5 Å². The minimum atomic E-state index is -0.114.